The topological polar surface area (TPSA) is 104 Å². The molecule has 26 heavy (non-hydrogen) atoms. The zero-order chi connectivity index (χ0) is 19.1. The van der Waals surface area contributed by atoms with Gasteiger partial charge in [-0.2, -0.15) is 0 Å². The number of aromatic nitrogens is 2. The van der Waals surface area contributed by atoms with Crippen molar-refractivity contribution in [1.82, 2.24) is 10.2 Å². The third kappa shape index (κ3) is 3.14. The summed E-state index contributed by atoms with van der Waals surface area (Å²) in [5.41, 5.74) is 0.151. The van der Waals surface area contributed by atoms with E-state index in [1.807, 2.05) is 0 Å². The molecule has 140 valence electrons. The van der Waals surface area contributed by atoms with Crippen molar-refractivity contribution >= 4 is 5.97 Å². The molecule has 0 bridgehead atoms. The Kier molecular flexibility index (Phi) is 4.66. The Morgan fingerprint density at radius 3 is 2.50 bits per heavy atom. The number of esters is 1. The summed E-state index contributed by atoms with van der Waals surface area (Å²) in [7, 11) is 1.57. The van der Waals surface area contributed by atoms with Gasteiger partial charge in [0.05, 0.1) is 24.7 Å². The summed E-state index contributed by atoms with van der Waals surface area (Å²) in [6, 6.07) is 7.14. The largest absolute Gasteiger partial charge is 0.497 e. The van der Waals surface area contributed by atoms with Crippen molar-refractivity contribution in [2.24, 2.45) is 5.92 Å². The SMILES string of the molecule is COc1ccc(C2c3c([nH][nH]c3=O)CC(C)(O)C2C(=O)OC(C)C)cc1. The van der Waals surface area contributed by atoms with Gasteiger partial charge in [0.2, 0.25) is 0 Å². The Bertz CT molecular complexity index is 848. The molecule has 3 rings (SSSR count). The molecule has 7 nitrogen and oxygen atoms in total. The highest BCUT2D eigenvalue weighted by Gasteiger charge is 2.51. The second-order valence-electron chi connectivity index (χ2n) is 7.22. The van der Waals surface area contributed by atoms with Crippen LogP contribution in [0.4, 0.5) is 0 Å². The van der Waals surface area contributed by atoms with E-state index < -0.39 is 23.4 Å². The Labute approximate surface area is 151 Å². The molecular weight excluding hydrogens is 336 g/mol. The molecule has 1 aromatic carbocycles. The number of ether oxygens (including phenoxy) is 2. The number of H-pyrrole nitrogens is 2. The van der Waals surface area contributed by atoms with E-state index in [9.17, 15) is 14.7 Å². The number of rotatable bonds is 4. The Morgan fingerprint density at radius 1 is 1.27 bits per heavy atom. The lowest BCUT2D eigenvalue weighted by Gasteiger charge is -2.40. The highest BCUT2D eigenvalue weighted by Crippen LogP contribution is 2.44. The molecule has 1 aliphatic carbocycles. The van der Waals surface area contributed by atoms with Gasteiger partial charge in [0.25, 0.3) is 5.56 Å². The zero-order valence-corrected chi connectivity index (χ0v) is 15.3. The van der Waals surface area contributed by atoms with Gasteiger partial charge in [-0.05, 0) is 38.5 Å². The average Bonchev–Trinajstić information content (AvgIpc) is 2.92. The molecule has 0 radical (unpaired) electrons. The molecule has 0 saturated carbocycles. The van der Waals surface area contributed by atoms with Crippen LogP contribution in [-0.4, -0.2) is 40.1 Å². The molecule has 7 heteroatoms. The maximum absolute atomic E-state index is 12.8. The number of nitrogens with one attached hydrogen (secondary N) is 2. The summed E-state index contributed by atoms with van der Waals surface area (Å²) in [5, 5.41) is 16.4. The summed E-state index contributed by atoms with van der Waals surface area (Å²) in [4.78, 5) is 25.3. The number of methoxy groups -OCH3 is 1. The predicted molar refractivity (Wildman–Crippen MR) is 95.3 cm³/mol. The molecule has 3 N–H and O–H groups in total. The van der Waals surface area contributed by atoms with Crippen molar-refractivity contribution < 1.29 is 19.4 Å². The van der Waals surface area contributed by atoms with Gasteiger partial charge in [-0.25, -0.2) is 0 Å². The molecule has 0 amide bonds. The molecule has 1 heterocycles. The van der Waals surface area contributed by atoms with Gasteiger partial charge in [0.1, 0.15) is 5.75 Å². The van der Waals surface area contributed by atoms with E-state index in [0.717, 1.165) is 5.56 Å². The fourth-order valence-electron chi connectivity index (χ4n) is 3.73. The van der Waals surface area contributed by atoms with Crippen molar-refractivity contribution in [2.45, 2.75) is 44.8 Å². The maximum Gasteiger partial charge on any atom is 0.313 e. The first kappa shape index (κ1) is 18.3. The molecule has 0 aliphatic heterocycles. The first-order chi connectivity index (χ1) is 12.2. The van der Waals surface area contributed by atoms with Gasteiger partial charge in [-0.3, -0.25) is 14.7 Å². The number of aliphatic hydroxyl groups is 1. The lowest BCUT2D eigenvalue weighted by molar-refractivity contribution is -0.163. The number of carbonyl (C=O) groups excluding carboxylic acids is 1. The fourth-order valence-corrected chi connectivity index (χ4v) is 3.73. The summed E-state index contributed by atoms with van der Waals surface area (Å²) in [5.74, 6) is -1.37. The first-order valence-corrected chi connectivity index (χ1v) is 8.61. The summed E-state index contributed by atoms with van der Waals surface area (Å²) < 4.78 is 10.6. The predicted octanol–water partition coefficient (Wildman–Crippen LogP) is 1.72. The van der Waals surface area contributed by atoms with Gasteiger partial charge in [-0.1, -0.05) is 12.1 Å². The van der Waals surface area contributed by atoms with Crippen LogP contribution in [0.3, 0.4) is 0 Å². The highest BCUT2D eigenvalue weighted by molar-refractivity contribution is 5.77. The average molecular weight is 360 g/mol. The van der Waals surface area contributed by atoms with Gasteiger partial charge in [-0.15, -0.1) is 0 Å². The Morgan fingerprint density at radius 2 is 1.92 bits per heavy atom. The maximum atomic E-state index is 12.8. The third-order valence-electron chi connectivity index (χ3n) is 4.83. The highest BCUT2D eigenvalue weighted by atomic mass is 16.5. The molecule has 1 aromatic heterocycles. The lowest BCUT2D eigenvalue weighted by Crippen LogP contribution is -2.50. The minimum absolute atomic E-state index is 0.158. The van der Waals surface area contributed by atoms with Crippen LogP contribution in [0.25, 0.3) is 0 Å². The number of hydrogen-bond acceptors (Lipinski definition) is 5. The molecule has 0 saturated heterocycles. The van der Waals surface area contributed by atoms with Gasteiger partial charge < -0.3 is 19.7 Å². The molecule has 2 aromatic rings. The van der Waals surface area contributed by atoms with Crippen LogP contribution >= 0.6 is 0 Å². The monoisotopic (exact) mass is 360 g/mol. The summed E-state index contributed by atoms with van der Waals surface area (Å²) in [6.45, 7) is 5.11. The molecular formula is C19H24N2O5. The smallest absolute Gasteiger partial charge is 0.313 e. The number of benzene rings is 1. The minimum atomic E-state index is -1.37. The minimum Gasteiger partial charge on any atom is -0.497 e. The van der Waals surface area contributed by atoms with Crippen LogP contribution in [0.1, 0.15) is 43.5 Å². The Hall–Kier alpha value is -2.54. The van der Waals surface area contributed by atoms with Crippen molar-refractivity contribution in [2.75, 3.05) is 7.11 Å². The van der Waals surface area contributed by atoms with Gasteiger partial charge in [0, 0.05) is 23.6 Å². The van der Waals surface area contributed by atoms with Crippen LogP contribution in [0.2, 0.25) is 0 Å². The van der Waals surface area contributed by atoms with Gasteiger partial charge >= 0.3 is 5.97 Å². The molecule has 0 fully saturated rings. The summed E-state index contributed by atoms with van der Waals surface area (Å²) in [6.07, 6.45) is -0.160. The van der Waals surface area contributed by atoms with E-state index in [4.69, 9.17) is 9.47 Å². The second kappa shape index (κ2) is 6.64. The lowest BCUT2D eigenvalue weighted by atomic mass is 9.66. The molecule has 3 unspecified atom stereocenters. The van der Waals surface area contributed by atoms with Gasteiger partial charge in [0.15, 0.2) is 0 Å². The number of fused-ring (bicyclic) bond motifs is 1. The third-order valence-corrected chi connectivity index (χ3v) is 4.83. The van der Waals surface area contributed by atoms with Crippen LogP contribution in [0, 0.1) is 5.92 Å². The van der Waals surface area contributed by atoms with E-state index in [2.05, 4.69) is 10.2 Å². The normalized spacial score (nSPS) is 25.0. The summed E-state index contributed by atoms with van der Waals surface area (Å²) >= 11 is 0. The Balaban J connectivity index is 2.16. The van der Waals surface area contributed by atoms with E-state index in [1.165, 1.54) is 0 Å². The molecule has 0 spiro atoms. The number of aromatic amines is 2. The van der Waals surface area contributed by atoms with Crippen molar-refractivity contribution in [3.8, 4) is 5.75 Å². The van der Waals surface area contributed by atoms with Crippen LogP contribution in [-0.2, 0) is 16.0 Å². The van der Waals surface area contributed by atoms with Crippen molar-refractivity contribution in [1.29, 1.82) is 0 Å². The number of hydrogen-bond donors (Lipinski definition) is 3. The van der Waals surface area contributed by atoms with E-state index in [0.29, 0.717) is 17.0 Å². The fraction of sp³-hybridized carbons (Fsp3) is 0.474. The van der Waals surface area contributed by atoms with Crippen molar-refractivity contribution in [3.63, 3.8) is 0 Å². The van der Waals surface area contributed by atoms with E-state index in [-0.39, 0.29) is 18.1 Å². The zero-order valence-electron chi connectivity index (χ0n) is 15.3. The first-order valence-electron chi connectivity index (χ1n) is 8.61. The van der Waals surface area contributed by atoms with E-state index in [1.54, 1.807) is 52.1 Å². The second-order valence-corrected chi connectivity index (χ2v) is 7.22. The van der Waals surface area contributed by atoms with Crippen LogP contribution in [0.15, 0.2) is 29.1 Å². The van der Waals surface area contributed by atoms with Crippen LogP contribution in [0.5, 0.6) is 5.75 Å². The molecule has 1 aliphatic rings. The number of carbonyl (C=O) groups is 1. The van der Waals surface area contributed by atoms with Crippen LogP contribution < -0.4 is 10.3 Å². The standard InChI is InChI=1S/C19H24N2O5/c1-10(2)26-18(23)16-14(11-5-7-12(25-4)8-6-11)15-13(9-19(16,3)24)20-21-17(15)22/h5-8,10,14,16,24H,9H2,1-4H3,(H2,20,21,22). The molecule has 3 atom stereocenters. The quantitative estimate of drug-likeness (QED) is 0.720. The van der Waals surface area contributed by atoms with E-state index >= 15 is 0 Å². The van der Waals surface area contributed by atoms with Crippen molar-refractivity contribution in [3.05, 3.63) is 51.4 Å².